The summed E-state index contributed by atoms with van der Waals surface area (Å²) in [6, 6.07) is 10.9. The molecule has 5 heteroatoms. The van der Waals surface area contributed by atoms with Crippen LogP contribution in [0.5, 0.6) is 0 Å². The Hall–Kier alpha value is -1.46. The maximum Gasteiger partial charge on any atom is 0.208 e. The summed E-state index contributed by atoms with van der Waals surface area (Å²) < 4.78 is 0. The number of hydrogen-bond donors (Lipinski definition) is 1. The molecule has 19 heavy (non-hydrogen) atoms. The molecule has 2 atom stereocenters. The molecular weight excluding hydrogens is 256 g/mol. The van der Waals surface area contributed by atoms with Crippen molar-refractivity contribution in [1.82, 2.24) is 15.5 Å². The number of nitrogens with zero attached hydrogens (tertiary/aromatic N) is 3. The van der Waals surface area contributed by atoms with E-state index in [9.17, 15) is 0 Å². The fourth-order valence-electron chi connectivity index (χ4n) is 3.05. The predicted molar refractivity (Wildman–Crippen MR) is 77.5 cm³/mol. The standard InChI is InChI=1S/C14H16N4S/c1-2-4-10(5-3-1)13-16-17-14(19-13)18-8-11-6-7-15-12(11)9-18/h1-5,11-12,15H,6-9H2/t11-,12+/m1/s1. The van der Waals surface area contributed by atoms with E-state index in [1.54, 1.807) is 11.3 Å². The lowest BCUT2D eigenvalue weighted by Gasteiger charge is -2.14. The van der Waals surface area contributed by atoms with Crippen molar-refractivity contribution in [2.24, 2.45) is 5.92 Å². The highest BCUT2D eigenvalue weighted by Crippen LogP contribution is 2.33. The quantitative estimate of drug-likeness (QED) is 0.908. The van der Waals surface area contributed by atoms with Gasteiger partial charge in [-0.3, -0.25) is 0 Å². The van der Waals surface area contributed by atoms with Crippen LogP contribution in [0, 0.1) is 5.92 Å². The first-order valence-electron chi connectivity index (χ1n) is 6.77. The first-order valence-corrected chi connectivity index (χ1v) is 7.59. The Bertz CT molecular complexity index is 556. The summed E-state index contributed by atoms with van der Waals surface area (Å²) in [7, 11) is 0. The lowest BCUT2D eigenvalue weighted by Crippen LogP contribution is -2.30. The highest BCUT2D eigenvalue weighted by atomic mass is 32.1. The summed E-state index contributed by atoms with van der Waals surface area (Å²) in [6.45, 7) is 3.38. The third-order valence-corrected chi connectivity index (χ3v) is 5.10. The number of aromatic nitrogens is 2. The second kappa shape index (κ2) is 4.58. The summed E-state index contributed by atoms with van der Waals surface area (Å²) in [5.41, 5.74) is 1.16. The predicted octanol–water partition coefficient (Wildman–Crippen LogP) is 2.00. The van der Waals surface area contributed by atoms with E-state index >= 15 is 0 Å². The van der Waals surface area contributed by atoms with Crippen LogP contribution in [0.25, 0.3) is 10.6 Å². The van der Waals surface area contributed by atoms with Gasteiger partial charge in [0.15, 0.2) is 0 Å². The zero-order valence-electron chi connectivity index (χ0n) is 10.6. The Kier molecular flexibility index (Phi) is 2.74. The molecule has 2 saturated heterocycles. The minimum absolute atomic E-state index is 0.657. The van der Waals surface area contributed by atoms with Gasteiger partial charge in [0, 0.05) is 24.7 Å². The van der Waals surface area contributed by atoms with E-state index in [-0.39, 0.29) is 0 Å². The molecule has 98 valence electrons. The largest absolute Gasteiger partial charge is 0.345 e. The topological polar surface area (TPSA) is 41.1 Å². The van der Waals surface area contributed by atoms with Crippen molar-refractivity contribution in [1.29, 1.82) is 0 Å². The van der Waals surface area contributed by atoms with Crippen LogP contribution < -0.4 is 10.2 Å². The Morgan fingerprint density at radius 1 is 1.16 bits per heavy atom. The van der Waals surface area contributed by atoms with E-state index in [0.717, 1.165) is 34.7 Å². The molecule has 2 aliphatic heterocycles. The van der Waals surface area contributed by atoms with Gasteiger partial charge in [0.1, 0.15) is 5.01 Å². The molecule has 2 aliphatic rings. The van der Waals surface area contributed by atoms with Gasteiger partial charge in [-0.25, -0.2) is 0 Å². The Morgan fingerprint density at radius 2 is 2.05 bits per heavy atom. The fraction of sp³-hybridized carbons (Fsp3) is 0.429. The second-order valence-corrected chi connectivity index (χ2v) is 6.23. The molecule has 1 aromatic heterocycles. The number of fused-ring (bicyclic) bond motifs is 1. The van der Waals surface area contributed by atoms with Crippen molar-refractivity contribution >= 4 is 16.5 Å². The molecule has 0 radical (unpaired) electrons. The van der Waals surface area contributed by atoms with Crippen molar-refractivity contribution in [3.8, 4) is 10.6 Å². The van der Waals surface area contributed by atoms with Crippen molar-refractivity contribution in [2.45, 2.75) is 12.5 Å². The van der Waals surface area contributed by atoms with Crippen molar-refractivity contribution < 1.29 is 0 Å². The monoisotopic (exact) mass is 272 g/mol. The SMILES string of the molecule is c1ccc(-c2nnc(N3C[C@H]4CCN[C@H]4C3)s2)cc1. The van der Waals surface area contributed by atoms with E-state index in [2.05, 4.69) is 32.5 Å². The van der Waals surface area contributed by atoms with Crippen molar-refractivity contribution in [3.63, 3.8) is 0 Å². The third-order valence-electron chi connectivity index (χ3n) is 4.07. The molecule has 0 saturated carbocycles. The third kappa shape index (κ3) is 2.03. The normalized spacial score (nSPS) is 25.8. The van der Waals surface area contributed by atoms with Crippen LogP contribution in [0.1, 0.15) is 6.42 Å². The Labute approximate surface area is 116 Å². The van der Waals surface area contributed by atoms with Crippen LogP contribution in [0.2, 0.25) is 0 Å². The van der Waals surface area contributed by atoms with Gasteiger partial charge in [-0.05, 0) is 18.9 Å². The molecule has 1 N–H and O–H groups in total. The number of nitrogens with one attached hydrogen (secondary N) is 1. The molecule has 2 aromatic rings. The van der Waals surface area contributed by atoms with Gasteiger partial charge in [-0.2, -0.15) is 0 Å². The van der Waals surface area contributed by atoms with E-state index < -0.39 is 0 Å². The summed E-state index contributed by atoms with van der Waals surface area (Å²) in [4.78, 5) is 2.38. The van der Waals surface area contributed by atoms with Crippen LogP contribution in [-0.2, 0) is 0 Å². The lowest BCUT2D eigenvalue weighted by atomic mass is 10.1. The van der Waals surface area contributed by atoms with Gasteiger partial charge < -0.3 is 10.2 Å². The molecule has 1 aromatic carbocycles. The zero-order valence-corrected chi connectivity index (χ0v) is 11.4. The number of hydrogen-bond acceptors (Lipinski definition) is 5. The maximum atomic E-state index is 4.37. The van der Waals surface area contributed by atoms with Crippen LogP contribution >= 0.6 is 11.3 Å². The molecule has 0 bridgehead atoms. The molecule has 0 amide bonds. The van der Waals surface area contributed by atoms with Crippen LogP contribution in [0.15, 0.2) is 30.3 Å². The molecule has 2 fully saturated rings. The van der Waals surface area contributed by atoms with Gasteiger partial charge in [0.2, 0.25) is 5.13 Å². The van der Waals surface area contributed by atoms with Crippen molar-refractivity contribution in [3.05, 3.63) is 30.3 Å². The van der Waals surface area contributed by atoms with E-state index in [0.29, 0.717) is 6.04 Å². The first kappa shape index (κ1) is 11.4. The maximum absolute atomic E-state index is 4.37. The summed E-state index contributed by atoms with van der Waals surface area (Å²) in [5.74, 6) is 0.795. The lowest BCUT2D eigenvalue weighted by molar-refractivity contribution is 0.556. The van der Waals surface area contributed by atoms with Gasteiger partial charge in [-0.1, -0.05) is 41.7 Å². The average molecular weight is 272 g/mol. The van der Waals surface area contributed by atoms with Gasteiger partial charge in [0.05, 0.1) is 0 Å². The molecule has 3 heterocycles. The summed E-state index contributed by atoms with van der Waals surface area (Å²) in [5, 5.41) is 14.4. The van der Waals surface area contributed by atoms with Crippen LogP contribution in [0.3, 0.4) is 0 Å². The summed E-state index contributed by atoms with van der Waals surface area (Å²) in [6.07, 6.45) is 1.30. The highest BCUT2D eigenvalue weighted by molar-refractivity contribution is 7.18. The highest BCUT2D eigenvalue weighted by Gasteiger charge is 2.37. The van der Waals surface area contributed by atoms with Gasteiger partial charge in [-0.15, -0.1) is 10.2 Å². The van der Waals surface area contributed by atoms with E-state index in [1.807, 2.05) is 18.2 Å². The number of rotatable bonds is 2. The molecule has 0 unspecified atom stereocenters. The first-order chi connectivity index (χ1) is 9.40. The van der Waals surface area contributed by atoms with E-state index in [1.165, 1.54) is 13.0 Å². The molecular formula is C14H16N4S. The van der Waals surface area contributed by atoms with Crippen molar-refractivity contribution in [2.75, 3.05) is 24.5 Å². The minimum atomic E-state index is 0.657. The molecule has 4 nitrogen and oxygen atoms in total. The zero-order chi connectivity index (χ0) is 12.7. The second-order valence-electron chi connectivity index (χ2n) is 5.27. The number of anilines is 1. The Morgan fingerprint density at radius 3 is 2.89 bits per heavy atom. The number of benzene rings is 1. The van der Waals surface area contributed by atoms with Gasteiger partial charge >= 0.3 is 0 Å². The van der Waals surface area contributed by atoms with E-state index in [4.69, 9.17) is 0 Å². The summed E-state index contributed by atoms with van der Waals surface area (Å²) >= 11 is 1.70. The molecule has 4 rings (SSSR count). The average Bonchev–Trinajstić information content (AvgIpc) is 3.14. The smallest absolute Gasteiger partial charge is 0.208 e. The minimum Gasteiger partial charge on any atom is -0.345 e. The molecule has 0 spiro atoms. The van der Waals surface area contributed by atoms with Crippen LogP contribution in [-0.4, -0.2) is 35.9 Å². The molecule has 0 aliphatic carbocycles. The fourth-order valence-corrected chi connectivity index (χ4v) is 3.91. The Balaban J connectivity index is 1.56. The van der Waals surface area contributed by atoms with Crippen LogP contribution in [0.4, 0.5) is 5.13 Å². The van der Waals surface area contributed by atoms with Gasteiger partial charge in [0.25, 0.3) is 0 Å².